The minimum atomic E-state index is -0.268. The molecular weight excluding hydrogens is 321 g/mol. The first-order valence-electron chi connectivity index (χ1n) is 8.84. The van der Waals surface area contributed by atoms with E-state index in [1.165, 1.54) is 12.1 Å². The lowest BCUT2D eigenvalue weighted by Gasteiger charge is -2.34. The van der Waals surface area contributed by atoms with Crippen LogP contribution in [0.3, 0.4) is 0 Å². The van der Waals surface area contributed by atoms with E-state index < -0.39 is 0 Å². The van der Waals surface area contributed by atoms with Gasteiger partial charge in [0, 0.05) is 31.1 Å². The van der Waals surface area contributed by atoms with Crippen molar-refractivity contribution in [2.45, 2.75) is 58.0 Å². The van der Waals surface area contributed by atoms with Crippen LogP contribution in [0.15, 0.2) is 24.3 Å². The molecule has 5 nitrogen and oxygen atoms in total. The molecule has 0 atom stereocenters. The van der Waals surface area contributed by atoms with Crippen molar-refractivity contribution in [1.82, 2.24) is 15.5 Å². The molecule has 0 radical (unpaired) electrons. The van der Waals surface area contributed by atoms with Crippen molar-refractivity contribution < 1.29 is 14.0 Å². The van der Waals surface area contributed by atoms with Crippen molar-refractivity contribution in [3.8, 4) is 0 Å². The van der Waals surface area contributed by atoms with Gasteiger partial charge < -0.3 is 15.5 Å². The minimum absolute atomic E-state index is 0.00178. The standard InChI is InChI=1S/C19H28FN3O2/c1-19(2,3)22-18(25)23-12-10-16(11-13-23)21-17(24)9-6-14-4-7-15(20)8-5-14/h4-5,7-8,16H,6,9-13H2,1-3H3,(H,21,24)(H,22,25). The first-order valence-corrected chi connectivity index (χ1v) is 8.84. The summed E-state index contributed by atoms with van der Waals surface area (Å²) in [6.45, 7) is 7.16. The highest BCUT2D eigenvalue weighted by atomic mass is 19.1. The normalized spacial score (nSPS) is 15.8. The van der Waals surface area contributed by atoms with Crippen LogP contribution in [0.1, 0.15) is 45.6 Å². The van der Waals surface area contributed by atoms with E-state index in [4.69, 9.17) is 0 Å². The van der Waals surface area contributed by atoms with Crippen LogP contribution in [0.2, 0.25) is 0 Å². The number of carbonyl (C=O) groups is 2. The number of hydrogen-bond donors (Lipinski definition) is 2. The average Bonchev–Trinajstić information content (AvgIpc) is 2.53. The Morgan fingerprint density at radius 2 is 1.76 bits per heavy atom. The highest BCUT2D eigenvalue weighted by Gasteiger charge is 2.25. The lowest BCUT2D eigenvalue weighted by atomic mass is 10.0. The Labute approximate surface area is 149 Å². The molecular formula is C19H28FN3O2. The van der Waals surface area contributed by atoms with Gasteiger partial charge in [0.05, 0.1) is 0 Å². The summed E-state index contributed by atoms with van der Waals surface area (Å²) >= 11 is 0. The fourth-order valence-electron chi connectivity index (χ4n) is 2.84. The first-order chi connectivity index (χ1) is 11.7. The number of amides is 3. The fraction of sp³-hybridized carbons (Fsp3) is 0.579. The molecule has 2 rings (SSSR count). The van der Waals surface area contributed by atoms with E-state index in [1.54, 1.807) is 17.0 Å². The minimum Gasteiger partial charge on any atom is -0.353 e. The smallest absolute Gasteiger partial charge is 0.317 e. The van der Waals surface area contributed by atoms with Crippen LogP contribution < -0.4 is 10.6 Å². The van der Waals surface area contributed by atoms with Crippen LogP contribution in [0.4, 0.5) is 9.18 Å². The summed E-state index contributed by atoms with van der Waals surface area (Å²) in [6.07, 6.45) is 2.51. The molecule has 1 aliphatic rings. The summed E-state index contributed by atoms with van der Waals surface area (Å²) in [7, 11) is 0. The number of likely N-dealkylation sites (tertiary alicyclic amines) is 1. The van der Waals surface area contributed by atoms with E-state index in [0.29, 0.717) is 25.9 Å². The Hall–Kier alpha value is -2.11. The van der Waals surface area contributed by atoms with Gasteiger partial charge in [0.2, 0.25) is 5.91 Å². The number of aryl methyl sites for hydroxylation is 1. The van der Waals surface area contributed by atoms with Gasteiger partial charge in [0.15, 0.2) is 0 Å². The molecule has 1 aromatic carbocycles. The van der Waals surface area contributed by atoms with E-state index in [1.807, 2.05) is 20.8 Å². The van der Waals surface area contributed by atoms with Crippen molar-refractivity contribution in [3.63, 3.8) is 0 Å². The Balaban J connectivity index is 1.69. The molecule has 1 heterocycles. The van der Waals surface area contributed by atoms with Gasteiger partial charge in [0.1, 0.15) is 5.82 Å². The van der Waals surface area contributed by atoms with Crippen molar-refractivity contribution >= 4 is 11.9 Å². The SMILES string of the molecule is CC(C)(C)NC(=O)N1CCC(NC(=O)CCc2ccc(F)cc2)CC1. The Kier molecular flexibility index (Phi) is 6.39. The van der Waals surface area contributed by atoms with E-state index in [2.05, 4.69) is 10.6 Å². The molecule has 0 spiro atoms. The molecule has 1 aliphatic heterocycles. The van der Waals surface area contributed by atoms with Crippen LogP contribution in [-0.4, -0.2) is 41.5 Å². The van der Waals surface area contributed by atoms with Crippen molar-refractivity contribution in [2.24, 2.45) is 0 Å². The summed E-state index contributed by atoms with van der Waals surface area (Å²) in [6, 6.07) is 6.29. The van der Waals surface area contributed by atoms with E-state index in [-0.39, 0.29) is 29.3 Å². The molecule has 0 bridgehead atoms. The Morgan fingerprint density at radius 1 is 1.16 bits per heavy atom. The second-order valence-corrected chi connectivity index (χ2v) is 7.64. The summed E-state index contributed by atoms with van der Waals surface area (Å²) in [4.78, 5) is 26.0. The van der Waals surface area contributed by atoms with Crippen molar-refractivity contribution in [1.29, 1.82) is 0 Å². The van der Waals surface area contributed by atoms with Gasteiger partial charge >= 0.3 is 6.03 Å². The van der Waals surface area contributed by atoms with Crippen LogP contribution >= 0.6 is 0 Å². The van der Waals surface area contributed by atoms with E-state index in [0.717, 1.165) is 18.4 Å². The molecule has 3 amide bonds. The first kappa shape index (κ1) is 19.2. The Morgan fingerprint density at radius 3 is 2.32 bits per heavy atom. The van der Waals surface area contributed by atoms with Gasteiger partial charge in [-0.3, -0.25) is 4.79 Å². The maximum absolute atomic E-state index is 12.9. The van der Waals surface area contributed by atoms with Crippen molar-refractivity contribution in [3.05, 3.63) is 35.6 Å². The number of nitrogens with one attached hydrogen (secondary N) is 2. The van der Waals surface area contributed by atoms with Gasteiger partial charge in [-0.25, -0.2) is 9.18 Å². The molecule has 1 aromatic rings. The van der Waals surface area contributed by atoms with Gasteiger partial charge in [-0.2, -0.15) is 0 Å². The van der Waals surface area contributed by atoms with Crippen LogP contribution in [0.5, 0.6) is 0 Å². The van der Waals surface area contributed by atoms with Crippen molar-refractivity contribution in [2.75, 3.05) is 13.1 Å². The molecule has 0 aromatic heterocycles. The third-order valence-corrected chi connectivity index (χ3v) is 4.18. The molecule has 0 saturated carbocycles. The third kappa shape index (κ3) is 6.72. The predicted octanol–water partition coefficient (Wildman–Crippen LogP) is 2.85. The molecule has 138 valence electrons. The molecule has 25 heavy (non-hydrogen) atoms. The number of carbonyl (C=O) groups excluding carboxylic acids is 2. The number of hydrogen-bond acceptors (Lipinski definition) is 2. The summed E-state index contributed by atoms with van der Waals surface area (Å²) < 4.78 is 12.9. The van der Waals surface area contributed by atoms with Crippen LogP contribution in [-0.2, 0) is 11.2 Å². The second kappa shape index (κ2) is 8.32. The second-order valence-electron chi connectivity index (χ2n) is 7.64. The van der Waals surface area contributed by atoms with Gasteiger partial charge in [-0.1, -0.05) is 12.1 Å². The lowest BCUT2D eigenvalue weighted by Crippen LogP contribution is -2.53. The monoisotopic (exact) mass is 349 g/mol. The number of nitrogens with zero attached hydrogens (tertiary/aromatic N) is 1. The highest BCUT2D eigenvalue weighted by molar-refractivity contribution is 5.77. The average molecular weight is 349 g/mol. The molecule has 1 fully saturated rings. The summed E-state index contributed by atoms with van der Waals surface area (Å²) in [5.41, 5.74) is 0.702. The number of urea groups is 1. The zero-order valence-electron chi connectivity index (χ0n) is 15.3. The maximum atomic E-state index is 12.9. The summed E-state index contributed by atoms with van der Waals surface area (Å²) in [5.74, 6) is -0.266. The van der Waals surface area contributed by atoms with Crippen LogP contribution in [0, 0.1) is 5.82 Å². The number of benzene rings is 1. The third-order valence-electron chi connectivity index (χ3n) is 4.18. The van der Waals surface area contributed by atoms with Gasteiger partial charge in [0.25, 0.3) is 0 Å². The fourth-order valence-corrected chi connectivity index (χ4v) is 2.84. The molecule has 0 unspecified atom stereocenters. The molecule has 2 N–H and O–H groups in total. The van der Waals surface area contributed by atoms with E-state index >= 15 is 0 Å². The number of rotatable bonds is 4. The summed E-state index contributed by atoms with van der Waals surface area (Å²) in [5, 5.41) is 6.00. The topological polar surface area (TPSA) is 61.4 Å². The zero-order valence-corrected chi connectivity index (χ0v) is 15.3. The lowest BCUT2D eigenvalue weighted by molar-refractivity contribution is -0.122. The molecule has 1 saturated heterocycles. The molecule has 6 heteroatoms. The van der Waals surface area contributed by atoms with Crippen LogP contribution in [0.25, 0.3) is 0 Å². The van der Waals surface area contributed by atoms with Gasteiger partial charge in [-0.05, 0) is 57.7 Å². The largest absolute Gasteiger partial charge is 0.353 e. The number of halogens is 1. The maximum Gasteiger partial charge on any atom is 0.317 e. The zero-order chi connectivity index (χ0) is 18.4. The van der Waals surface area contributed by atoms with Gasteiger partial charge in [-0.15, -0.1) is 0 Å². The quantitative estimate of drug-likeness (QED) is 0.878. The number of piperidine rings is 1. The van der Waals surface area contributed by atoms with E-state index in [9.17, 15) is 14.0 Å². The highest BCUT2D eigenvalue weighted by Crippen LogP contribution is 2.12. The Bertz CT molecular complexity index is 588. The predicted molar refractivity (Wildman–Crippen MR) is 95.7 cm³/mol. The molecule has 0 aliphatic carbocycles.